The molecule has 7 aromatic heterocycles. The van der Waals surface area contributed by atoms with Gasteiger partial charge in [0, 0.05) is 129 Å². The Morgan fingerprint density at radius 1 is 0.321 bits per heavy atom. The summed E-state index contributed by atoms with van der Waals surface area (Å²) >= 11 is 0. The monoisotopic (exact) mass is 2170 g/mol. The van der Waals surface area contributed by atoms with Crippen molar-refractivity contribution in [3.63, 3.8) is 0 Å². The summed E-state index contributed by atoms with van der Waals surface area (Å²) in [6, 6.07) is 124. The Labute approximate surface area is 711 Å². The van der Waals surface area contributed by atoms with E-state index in [9.17, 15) is 4.79 Å². The number of hydrogen-bond donors (Lipinski definition) is 1. The maximum atomic E-state index is 10.0. The Morgan fingerprint density at radius 3 is 1.21 bits per heavy atom. The largest absolute Gasteiger partial charge is 0.512 e. The minimum atomic E-state index is -0.125. The molecule has 0 atom stereocenters. The van der Waals surface area contributed by atoms with Gasteiger partial charge in [0.05, 0.1) is 11.3 Å². The van der Waals surface area contributed by atoms with Crippen LogP contribution in [0.3, 0.4) is 0 Å². The van der Waals surface area contributed by atoms with Crippen LogP contribution < -0.4 is 0 Å². The molecule has 0 aliphatic rings. The molecule has 17 aromatic rings. The second kappa shape index (κ2) is 46.4. The van der Waals surface area contributed by atoms with Gasteiger partial charge in [0.15, 0.2) is 5.78 Å². The first-order valence-electron chi connectivity index (χ1n) is 35.3. The summed E-state index contributed by atoms with van der Waals surface area (Å²) in [7, 11) is 0. The molecule has 0 spiro atoms. The van der Waals surface area contributed by atoms with Gasteiger partial charge in [-0.25, -0.2) is 0 Å². The summed E-state index contributed by atoms with van der Waals surface area (Å²) in [6.45, 7) is 11.1. The Hall–Kier alpha value is -11.3. The van der Waals surface area contributed by atoms with E-state index >= 15 is 0 Å². The summed E-state index contributed by atoms with van der Waals surface area (Å²) in [5.74, 6) is -0.0625. The fourth-order valence-corrected chi connectivity index (χ4v) is 11.3. The summed E-state index contributed by atoms with van der Waals surface area (Å²) in [4.78, 5) is 36.3. The number of nitrogens with zero attached hydrogens (tertiary/aromatic N) is 6. The van der Waals surface area contributed by atoms with Crippen molar-refractivity contribution in [3.8, 4) is 101 Å². The second-order valence-electron chi connectivity index (χ2n) is 25.0. The standard InChI is InChI=1S/C19H16N.C18H14N.C17H10NO.C17H12N.C12H10N.C11H8N.C5H8O2.4Ir/c1-14-10-15(2)12-18(11-14)19-9-8-17(13-20-19)16-6-4-3-5-7-16;1-14-7-9-15(10-8-14)17-11-12-19-18(13-17)16-5-3-2-4-6-16;1-2-7-16-13(5-1)14-11-12(8-9-17(14)19-16)15-6-3-4-10-18-15;1-3-7-14(8-4-1)16-11-12-18-17(13-16)15-9-5-2-6-10-15;1-10-7-8-12(13-9-10)11-5-3-2-4-6-11;1-2-6-10(7-3-1)11-8-4-5-9-12-11;1-4(6)3-5(2)7;;;;/h3-11,13H,1-2H3;2-5,7-13H,1H3;1-7,9-11H;1-9,11-13H;2-5,7-9H,1H3;1-6,8-9H;3,6H,1-2H3;;;;/q6*-1;;;;;. The van der Waals surface area contributed by atoms with E-state index in [1.54, 1.807) is 12.4 Å². The van der Waals surface area contributed by atoms with Gasteiger partial charge in [-0.15, -0.1) is 202 Å². The van der Waals surface area contributed by atoms with Crippen molar-refractivity contribution >= 4 is 27.7 Å². The van der Waals surface area contributed by atoms with Crippen molar-refractivity contribution < 1.29 is 94.7 Å². The SMILES string of the molecule is CC(=O)C=C(C)O.Cc1[c-]c(-c2ccc(-c3ccccc3)cn2)cc(C)c1.Cc1ccc(-c2[c-]cccc2)nc1.Cc1ccc(-c2ccnc(-c3[c-]cccc3)c2)cc1.[Ir].[Ir].[Ir].[Ir].[c-]1cc2oc3ccccc3c2cc1-c1ccccn1.[c-]1ccccc1-c1cc(-c2ccccc2)ccn1.[c-]1ccccc1-c1ccccn1. The smallest absolute Gasteiger partial charge is 0.155 e. The summed E-state index contributed by atoms with van der Waals surface area (Å²) in [5, 5.41) is 10.6. The average Bonchev–Trinajstić information content (AvgIpc) is 1.64. The number of para-hydroxylation sites is 1. The molecular weight excluding hydrogens is 2090 g/mol. The van der Waals surface area contributed by atoms with Gasteiger partial charge in [-0.05, 0) is 131 Å². The molecule has 4 radical (unpaired) electrons. The molecule has 0 unspecified atom stereocenters. The maximum Gasteiger partial charge on any atom is 0.155 e. The third kappa shape index (κ3) is 27.0. The van der Waals surface area contributed by atoms with Gasteiger partial charge in [0.1, 0.15) is 5.58 Å². The molecule has 112 heavy (non-hydrogen) atoms. The molecule has 0 amide bonds. The van der Waals surface area contributed by atoms with Crippen molar-refractivity contribution in [1.82, 2.24) is 29.9 Å². The number of aromatic nitrogens is 6. The van der Waals surface area contributed by atoms with E-state index in [0.717, 1.165) is 101 Å². The molecule has 0 fully saturated rings. The van der Waals surface area contributed by atoms with E-state index < -0.39 is 0 Å². The fourth-order valence-electron chi connectivity index (χ4n) is 11.3. The molecule has 0 aliphatic heterocycles. The topological polar surface area (TPSA) is 128 Å². The summed E-state index contributed by atoms with van der Waals surface area (Å²) in [5.41, 5.74) is 25.6. The van der Waals surface area contributed by atoms with Gasteiger partial charge in [0.2, 0.25) is 0 Å². The van der Waals surface area contributed by atoms with Crippen molar-refractivity contribution in [2.24, 2.45) is 0 Å². The van der Waals surface area contributed by atoms with Crippen LogP contribution in [0.25, 0.3) is 123 Å². The van der Waals surface area contributed by atoms with Crippen LogP contribution in [-0.2, 0) is 85.2 Å². The Bertz CT molecular complexity index is 5510. The van der Waals surface area contributed by atoms with E-state index in [0.29, 0.717) is 0 Å². The number of aliphatic hydroxyl groups excluding tert-OH is 1. The van der Waals surface area contributed by atoms with E-state index in [2.05, 4.69) is 190 Å². The average molecular weight is 2170 g/mol. The van der Waals surface area contributed by atoms with Crippen LogP contribution >= 0.6 is 0 Å². The number of aryl methyl sites for hydroxylation is 4. The first-order chi connectivity index (χ1) is 52.8. The van der Waals surface area contributed by atoms with Crippen molar-refractivity contribution in [3.05, 3.63) is 423 Å². The Kier molecular flexibility index (Phi) is 36.4. The number of ketones is 1. The zero-order valence-electron chi connectivity index (χ0n) is 62.3. The van der Waals surface area contributed by atoms with E-state index in [1.807, 2.05) is 244 Å². The van der Waals surface area contributed by atoms with Gasteiger partial charge in [0.25, 0.3) is 0 Å². The summed E-state index contributed by atoms with van der Waals surface area (Å²) in [6.07, 6.45) is 12.2. The number of rotatable bonds is 10. The third-order valence-electron chi connectivity index (χ3n) is 16.5. The van der Waals surface area contributed by atoms with Gasteiger partial charge in [-0.1, -0.05) is 189 Å². The maximum absolute atomic E-state index is 10.0. The number of carbonyl (C=O) groups is 1. The Balaban J connectivity index is 0.000000183. The van der Waals surface area contributed by atoms with Crippen LogP contribution in [0.2, 0.25) is 0 Å². The van der Waals surface area contributed by atoms with E-state index in [-0.39, 0.29) is 92.0 Å². The first-order valence-corrected chi connectivity index (χ1v) is 35.3. The molecule has 0 saturated heterocycles. The summed E-state index contributed by atoms with van der Waals surface area (Å²) < 4.78 is 5.79. The number of aliphatic hydroxyl groups is 1. The van der Waals surface area contributed by atoms with Crippen LogP contribution in [0.5, 0.6) is 0 Å². The van der Waals surface area contributed by atoms with Gasteiger partial charge in [-0.3, -0.25) is 4.79 Å². The minimum absolute atomic E-state index is 0. The van der Waals surface area contributed by atoms with Gasteiger partial charge >= 0.3 is 0 Å². The van der Waals surface area contributed by atoms with Crippen molar-refractivity contribution in [2.45, 2.75) is 41.5 Å². The third-order valence-corrected chi connectivity index (χ3v) is 16.5. The zero-order valence-corrected chi connectivity index (χ0v) is 71.9. The Morgan fingerprint density at radius 2 is 0.750 bits per heavy atom. The number of allylic oxidation sites excluding steroid dienone is 2. The van der Waals surface area contributed by atoms with E-state index in [4.69, 9.17) is 9.52 Å². The number of carbonyl (C=O) groups excluding carboxylic acids is 1. The van der Waals surface area contributed by atoms with Crippen LogP contribution in [-0.4, -0.2) is 40.8 Å². The quantitative estimate of drug-likeness (QED) is 0.0809. The van der Waals surface area contributed by atoms with Crippen LogP contribution in [0.4, 0.5) is 0 Å². The fraction of sp³-hybridized carbons (Fsp3) is 0.0606. The second-order valence-corrected chi connectivity index (χ2v) is 25.0. The zero-order chi connectivity index (χ0) is 75.1. The molecule has 0 saturated carbocycles. The number of benzene rings is 10. The number of pyridine rings is 6. The van der Waals surface area contributed by atoms with Crippen molar-refractivity contribution in [1.29, 1.82) is 0 Å². The van der Waals surface area contributed by atoms with Gasteiger partial charge in [-0.2, -0.15) is 0 Å². The first kappa shape index (κ1) is 87.9. The number of hydrogen-bond acceptors (Lipinski definition) is 9. The molecule has 1 N–H and O–H groups in total. The normalized spacial score (nSPS) is 10.1. The van der Waals surface area contributed by atoms with Crippen LogP contribution in [0, 0.1) is 64.1 Å². The molecule has 10 aromatic carbocycles. The molecule has 9 nitrogen and oxygen atoms in total. The van der Waals surface area contributed by atoms with Gasteiger partial charge < -0.3 is 39.4 Å². The molecule has 7 heterocycles. The van der Waals surface area contributed by atoms with Crippen LogP contribution in [0.15, 0.2) is 369 Å². The molecule has 564 valence electrons. The predicted octanol–water partition coefficient (Wildman–Crippen LogP) is 24.5. The minimum Gasteiger partial charge on any atom is -0.512 e. The molecule has 0 aliphatic carbocycles. The molecule has 0 bridgehead atoms. The molecule has 17 rings (SSSR count). The number of furan rings is 1. The predicted molar refractivity (Wildman–Crippen MR) is 441 cm³/mol. The van der Waals surface area contributed by atoms with Crippen molar-refractivity contribution in [2.75, 3.05) is 0 Å². The molecular formula is C99H78Ir4N6O3-6. The molecule has 13 heteroatoms. The van der Waals surface area contributed by atoms with E-state index in [1.165, 1.54) is 64.4 Å². The number of fused-ring (bicyclic) bond motifs is 3. The van der Waals surface area contributed by atoms with Crippen LogP contribution in [0.1, 0.15) is 36.1 Å².